The standard InChI is InChI=1S/C20H25ClN2O3/c1-3-26-20-12-15(18(21)13-19(20)24-2)14-22-16-4-6-17(7-5-16)23-8-10-25-11-9-23/h4-7,12-13,22H,3,8-11,14H2,1-2H3. The summed E-state index contributed by atoms with van der Waals surface area (Å²) in [6.07, 6.45) is 0. The Morgan fingerprint density at radius 2 is 1.85 bits per heavy atom. The average Bonchev–Trinajstić information content (AvgIpc) is 2.69. The third-order valence-electron chi connectivity index (χ3n) is 4.36. The molecule has 0 bridgehead atoms. The third kappa shape index (κ3) is 4.54. The molecule has 140 valence electrons. The number of hydrogen-bond donors (Lipinski definition) is 1. The molecule has 0 unspecified atom stereocenters. The molecule has 1 aliphatic rings. The van der Waals surface area contributed by atoms with Crippen LogP contribution in [0.2, 0.25) is 5.02 Å². The van der Waals surface area contributed by atoms with E-state index in [0.717, 1.165) is 37.6 Å². The Morgan fingerprint density at radius 3 is 2.50 bits per heavy atom. The summed E-state index contributed by atoms with van der Waals surface area (Å²) in [4.78, 5) is 2.34. The van der Waals surface area contributed by atoms with Crippen LogP contribution >= 0.6 is 11.6 Å². The minimum Gasteiger partial charge on any atom is -0.493 e. The number of ether oxygens (including phenoxy) is 3. The van der Waals surface area contributed by atoms with Gasteiger partial charge in [-0.1, -0.05) is 11.6 Å². The van der Waals surface area contributed by atoms with Crippen molar-refractivity contribution in [1.82, 2.24) is 0 Å². The molecule has 6 heteroatoms. The summed E-state index contributed by atoms with van der Waals surface area (Å²) >= 11 is 6.38. The molecule has 0 radical (unpaired) electrons. The highest BCUT2D eigenvalue weighted by molar-refractivity contribution is 6.31. The second kappa shape index (κ2) is 9.01. The zero-order chi connectivity index (χ0) is 18.4. The van der Waals surface area contributed by atoms with Gasteiger partial charge in [0.1, 0.15) is 0 Å². The van der Waals surface area contributed by atoms with Crippen LogP contribution in [0.5, 0.6) is 11.5 Å². The van der Waals surface area contributed by atoms with Crippen LogP contribution in [0.1, 0.15) is 12.5 Å². The zero-order valence-electron chi connectivity index (χ0n) is 15.3. The van der Waals surface area contributed by atoms with Crippen LogP contribution in [0.3, 0.4) is 0 Å². The third-order valence-corrected chi connectivity index (χ3v) is 4.71. The largest absolute Gasteiger partial charge is 0.493 e. The summed E-state index contributed by atoms with van der Waals surface area (Å²) in [5.74, 6) is 1.36. The summed E-state index contributed by atoms with van der Waals surface area (Å²) in [6.45, 7) is 6.59. The van der Waals surface area contributed by atoms with Crippen LogP contribution in [0.25, 0.3) is 0 Å². The Hall–Kier alpha value is -2.11. The van der Waals surface area contributed by atoms with Gasteiger partial charge in [-0.15, -0.1) is 0 Å². The van der Waals surface area contributed by atoms with Gasteiger partial charge >= 0.3 is 0 Å². The molecule has 0 aliphatic carbocycles. The van der Waals surface area contributed by atoms with E-state index < -0.39 is 0 Å². The van der Waals surface area contributed by atoms with Crippen molar-refractivity contribution < 1.29 is 14.2 Å². The maximum atomic E-state index is 6.38. The fourth-order valence-electron chi connectivity index (χ4n) is 2.95. The van der Waals surface area contributed by atoms with Crippen molar-refractivity contribution in [2.45, 2.75) is 13.5 Å². The van der Waals surface area contributed by atoms with Crippen molar-refractivity contribution in [3.8, 4) is 11.5 Å². The topological polar surface area (TPSA) is 43.0 Å². The number of nitrogens with zero attached hydrogens (tertiary/aromatic N) is 1. The van der Waals surface area contributed by atoms with E-state index >= 15 is 0 Å². The Balaban J connectivity index is 1.65. The van der Waals surface area contributed by atoms with Crippen molar-refractivity contribution in [3.63, 3.8) is 0 Å². The van der Waals surface area contributed by atoms with Crippen LogP contribution < -0.4 is 19.7 Å². The fourth-order valence-corrected chi connectivity index (χ4v) is 3.17. The lowest BCUT2D eigenvalue weighted by Gasteiger charge is -2.29. The maximum absolute atomic E-state index is 6.38. The Labute approximate surface area is 159 Å². The number of nitrogens with one attached hydrogen (secondary N) is 1. The van der Waals surface area contributed by atoms with Gasteiger partial charge in [0.25, 0.3) is 0 Å². The van der Waals surface area contributed by atoms with E-state index in [-0.39, 0.29) is 0 Å². The smallest absolute Gasteiger partial charge is 0.162 e. The van der Waals surface area contributed by atoms with Crippen LogP contribution in [0.15, 0.2) is 36.4 Å². The number of rotatable bonds is 7. The Bertz CT molecular complexity index is 716. The van der Waals surface area contributed by atoms with Crippen molar-refractivity contribution in [2.75, 3.05) is 50.2 Å². The van der Waals surface area contributed by atoms with Gasteiger partial charge in [-0.2, -0.15) is 0 Å². The summed E-state index contributed by atoms with van der Waals surface area (Å²) in [7, 11) is 1.61. The second-order valence-electron chi connectivity index (χ2n) is 6.03. The monoisotopic (exact) mass is 376 g/mol. The van der Waals surface area contributed by atoms with E-state index in [4.69, 9.17) is 25.8 Å². The first-order valence-electron chi connectivity index (χ1n) is 8.87. The Kier molecular flexibility index (Phi) is 6.47. The number of benzene rings is 2. The molecule has 1 aliphatic heterocycles. The fraction of sp³-hybridized carbons (Fsp3) is 0.400. The molecule has 0 aromatic heterocycles. The first kappa shape index (κ1) is 18.7. The molecule has 3 rings (SSSR count). The summed E-state index contributed by atoms with van der Waals surface area (Å²) in [5.41, 5.74) is 3.24. The Morgan fingerprint density at radius 1 is 1.12 bits per heavy atom. The number of anilines is 2. The number of hydrogen-bond acceptors (Lipinski definition) is 5. The van der Waals surface area contributed by atoms with Crippen molar-refractivity contribution in [2.24, 2.45) is 0 Å². The van der Waals surface area contributed by atoms with E-state index in [0.29, 0.717) is 29.7 Å². The van der Waals surface area contributed by atoms with E-state index in [9.17, 15) is 0 Å². The number of halogens is 1. The molecule has 0 saturated carbocycles. The lowest BCUT2D eigenvalue weighted by atomic mass is 10.2. The highest BCUT2D eigenvalue weighted by atomic mass is 35.5. The van der Waals surface area contributed by atoms with Gasteiger partial charge in [-0.3, -0.25) is 0 Å². The van der Waals surface area contributed by atoms with Gasteiger partial charge in [0, 0.05) is 42.1 Å². The van der Waals surface area contributed by atoms with Crippen molar-refractivity contribution in [3.05, 3.63) is 47.0 Å². The first-order chi connectivity index (χ1) is 12.7. The van der Waals surface area contributed by atoms with E-state index in [1.54, 1.807) is 13.2 Å². The van der Waals surface area contributed by atoms with Crippen LogP contribution in [-0.4, -0.2) is 40.0 Å². The molecular weight excluding hydrogens is 352 g/mol. The highest BCUT2D eigenvalue weighted by Gasteiger charge is 2.12. The van der Waals surface area contributed by atoms with Crippen molar-refractivity contribution in [1.29, 1.82) is 0 Å². The average molecular weight is 377 g/mol. The molecule has 26 heavy (non-hydrogen) atoms. The molecule has 0 amide bonds. The second-order valence-corrected chi connectivity index (χ2v) is 6.43. The summed E-state index contributed by atoms with van der Waals surface area (Å²) in [5, 5.41) is 4.07. The first-order valence-corrected chi connectivity index (χ1v) is 9.25. The van der Waals surface area contributed by atoms with Crippen LogP contribution in [0.4, 0.5) is 11.4 Å². The lowest BCUT2D eigenvalue weighted by molar-refractivity contribution is 0.122. The molecule has 1 fully saturated rings. The molecule has 0 atom stereocenters. The predicted molar refractivity (Wildman–Crippen MR) is 106 cm³/mol. The highest BCUT2D eigenvalue weighted by Crippen LogP contribution is 2.33. The molecule has 0 spiro atoms. The van der Waals surface area contributed by atoms with E-state index in [2.05, 4.69) is 34.5 Å². The van der Waals surface area contributed by atoms with Gasteiger partial charge in [0.05, 0.1) is 26.9 Å². The van der Waals surface area contributed by atoms with Crippen molar-refractivity contribution >= 4 is 23.0 Å². The molecule has 2 aromatic carbocycles. The molecule has 5 nitrogen and oxygen atoms in total. The lowest BCUT2D eigenvalue weighted by Crippen LogP contribution is -2.36. The minimum absolute atomic E-state index is 0.577. The molecule has 1 heterocycles. The molecule has 2 aromatic rings. The maximum Gasteiger partial charge on any atom is 0.162 e. The SMILES string of the molecule is CCOc1cc(CNc2ccc(N3CCOCC3)cc2)c(Cl)cc1OC. The van der Waals surface area contributed by atoms with Gasteiger partial charge in [-0.05, 0) is 42.8 Å². The van der Waals surface area contributed by atoms with E-state index in [1.807, 2.05) is 13.0 Å². The number of methoxy groups -OCH3 is 1. The van der Waals surface area contributed by atoms with Gasteiger partial charge in [0.15, 0.2) is 11.5 Å². The summed E-state index contributed by atoms with van der Waals surface area (Å²) in [6, 6.07) is 12.2. The van der Waals surface area contributed by atoms with Gasteiger partial charge in [0.2, 0.25) is 0 Å². The van der Waals surface area contributed by atoms with E-state index in [1.165, 1.54) is 5.69 Å². The number of morpholine rings is 1. The van der Waals surface area contributed by atoms with Crippen LogP contribution in [0, 0.1) is 0 Å². The molecular formula is C20H25ClN2O3. The van der Waals surface area contributed by atoms with Crippen LogP contribution in [-0.2, 0) is 11.3 Å². The quantitative estimate of drug-likeness (QED) is 0.784. The van der Waals surface area contributed by atoms with Gasteiger partial charge < -0.3 is 24.4 Å². The zero-order valence-corrected chi connectivity index (χ0v) is 16.0. The normalized spacial score (nSPS) is 14.2. The summed E-state index contributed by atoms with van der Waals surface area (Å²) < 4.78 is 16.4. The van der Waals surface area contributed by atoms with Gasteiger partial charge in [-0.25, -0.2) is 0 Å². The minimum atomic E-state index is 0.577. The predicted octanol–water partition coefficient (Wildman–Crippen LogP) is 4.20. The molecule has 1 N–H and O–H groups in total. The molecule has 1 saturated heterocycles.